The third kappa shape index (κ3) is 2.88. The van der Waals surface area contributed by atoms with Crippen molar-refractivity contribution in [1.82, 2.24) is 4.90 Å². The molecule has 0 aliphatic heterocycles. The van der Waals surface area contributed by atoms with Crippen LogP contribution < -0.4 is 0 Å². The van der Waals surface area contributed by atoms with Crippen LogP contribution in [0.4, 0.5) is 0 Å². The summed E-state index contributed by atoms with van der Waals surface area (Å²) in [4.78, 5) is 13.2. The topological polar surface area (TPSA) is 53.7 Å². The van der Waals surface area contributed by atoms with E-state index in [0.29, 0.717) is 12.3 Å². The molecule has 0 atom stereocenters. The third-order valence-corrected chi connectivity index (χ3v) is 3.53. The molecule has 94 valence electrons. The molecule has 1 aliphatic carbocycles. The van der Waals surface area contributed by atoms with Crippen LogP contribution in [0, 0.1) is 5.92 Å². The molecule has 1 aromatic rings. The summed E-state index contributed by atoms with van der Waals surface area (Å²) in [5, 5.41) is 9.00. The van der Waals surface area contributed by atoms with Gasteiger partial charge in [0.05, 0.1) is 12.8 Å². The maximum atomic E-state index is 11.0. The lowest BCUT2D eigenvalue weighted by Crippen LogP contribution is -2.32. The standard InChI is InChI=1S/C13H19NO3/c1-2-14(8-10-4-3-5-10)9-12-11(13(15)16)6-7-17-12/h6-7,10H,2-5,8-9H2,1H3,(H,15,16). The molecule has 1 N–H and O–H groups in total. The maximum Gasteiger partial charge on any atom is 0.339 e. The van der Waals surface area contributed by atoms with E-state index in [-0.39, 0.29) is 5.56 Å². The Hall–Kier alpha value is -1.29. The predicted molar refractivity (Wildman–Crippen MR) is 64.0 cm³/mol. The van der Waals surface area contributed by atoms with Crippen LogP contribution >= 0.6 is 0 Å². The van der Waals surface area contributed by atoms with Crippen LogP contribution in [-0.2, 0) is 6.54 Å². The van der Waals surface area contributed by atoms with Crippen LogP contribution in [0.5, 0.6) is 0 Å². The van der Waals surface area contributed by atoms with Crippen molar-refractivity contribution in [2.75, 3.05) is 13.1 Å². The van der Waals surface area contributed by atoms with Gasteiger partial charge in [-0.25, -0.2) is 4.79 Å². The van der Waals surface area contributed by atoms with Crippen molar-refractivity contribution in [2.45, 2.75) is 32.7 Å². The molecule has 0 bridgehead atoms. The molecular formula is C13H19NO3. The molecule has 0 spiro atoms. The van der Waals surface area contributed by atoms with E-state index in [1.165, 1.54) is 31.6 Å². The number of furan rings is 1. The zero-order chi connectivity index (χ0) is 12.3. The Balaban J connectivity index is 1.96. The Morgan fingerprint density at radius 2 is 2.35 bits per heavy atom. The van der Waals surface area contributed by atoms with E-state index in [4.69, 9.17) is 9.52 Å². The average molecular weight is 237 g/mol. The van der Waals surface area contributed by atoms with Gasteiger partial charge in [0, 0.05) is 6.54 Å². The number of hydrogen-bond acceptors (Lipinski definition) is 3. The number of nitrogens with zero attached hydrogens (tertiary/aromatic N) is 1. The van der Waals surface area contributed by atoms with Gasteiger partial charge in [0.1, 0.15) is 11.3 Å². The highest BCUT2D eigenvalue weighted by atomic mass is 16.4. The normalized spacial score (nSPS) is 16.1. The summed E-state index contributed by atoms with van der Waals surface area (Å²) in [6, 6.07) is 1.52. The van der Waals surface area contributed by atoms with Gasteiger partial charge in [-0.15, -0.1) is 0 Å². The van der Waals surface area contributed by atoms with E-state index < -0.39 is 5.97 Å². The fourth-order valence-electron chi connectivity index (χ4n) is 2.20. The highest BCUT2D eigenvalue weighted by Gasteiger charge is 2.22. The second kappa shape index (κ2) is 5.36. The minimum Gasteiger partial charge on any atom is -0.478 e. The van der Waals surface area contributed by atoms with Gasteiger partial charge in [-0.05, 0) is 31.4 Å². The van der Waals surface area contributed by atoms with Gasteiger partial charge >= 0.3 is 5.97 Å². The first-order chi connectivity index (χ1) is 8.20. The van der Waals surface area contributed by atoms with Crippen LogP contribution in [0.25, 0.3) is 0 Å². The molecule has 0 aromatic carbocycles. The van der Waals surface area contributed by atoms with Crippen LogP contribution in [0.3, 0.4) is 0 Å². The molecule has 0 amide bonds. The van der Waals surface area contributed by atoms with Gasteiger partial charge in [0.2, 0.25) is 0 Å². The molecule has 4 heteroatoms. The summed E-state index contributed by atoms with van der Waals surface area (Å²) in [5.41, 5.74) is 0.289. The second-order valence-electron chi connectivity index (χ2n) is 4.69. The van der Waals surface area contributed by atoms with Crippen molar-refractivity contribution in [3.63, 3.8) is 0 Å². The second-order valence-corrected chi connectivity index (χ2v) is 4.69. The fourth-order valence-corrected chi connectivity index (χ4v) is 2.20. The summed E-state index contributed by atoms with van der Waals surface area (Å²) < 4.78 is 5.27. The lowest BCUT2D eigenvalue weighted by Gasteiger charge is -2.31. The Kier molecular flexibility index (Phi) is 3.84. The molecule has 17 heavy (non-hydrogen) atoms. The fraction of sp³-hybridized carbons (Fsp3) is 0.615. The molecule has 1 heterocycles. The Morgan fingerprint density at radius 3 is 2.88 bits per heavy atom. The highest BCUT2D eigenvalue weighted by molar-refractivity contribution is 5.88. The zero-order valence-electron chi connectivity index (χ0n) is 10.2. The van der Waals surface area contributed by atoms with Crippen molar-refractivity contribution in [3.05, 3.63) is 23.7 Å². The largest absolute Gasteiger partial charge is 0.478 e. The summed E-state index contributed by atoms with van der Waals surface area (Å²) >= 11 is 0. The first kappa shape index (κ1) is 12.2. The summed E-state index contributed by atoms with van der Waals surface area (Å²) in [6.45, 7) is 4.68. The van der Waals surface area contributed by atoms with E-state index in [9.17, 15) is 4.79 Å². The van der Waals surface area contributed by atoms with Crippen LogP contribution in [0.15, 0.2) is 16.7 Å². The lowest BCUT2D eigenvalue weighted by molar-refractivity contribution is 0.0691. The number of carboxylic acids is 1. The van der Waals surface area contributed by atoms with Gasteiger partial charge in [-0.1, -0.05) is 13.3 Å². The molecule has 2 rings (SSSR count). The summed E-state index contributed by atoms with van der Waals surface area (Å²) in [5.74, 6) is 0.449. The number of hydrogen-bond donors (Lipinski definition) is 1. The molecule has 0 saturated heterocycles. The molecule has 1 saturated carbocycles. The molecule has 1 aliphatic rings. The first-order valence-corrected chi connectivity index (χ1v) is 6.22. The Labute approximate surface area is 101 Å². The zero-order valence-corrected chi connectivity index (χ0v) is 10.2. The summed E-state index contributed by atoms with van der Waals surface area (Å²) in [6.07, 6.45) is 5.40. The number of aromatic carboxylic acids is 1. The monoisotopic (exact) mass is 237 g/mol. The van der Waals surface area contributed by atoms with Gasteiger partial charge in [0.25, 0.3) is 0 Å². The Morgan fingerprint density at radius 1 is 1.59 bits per heavy atom. The van der Waals surface area contributed by atoms with Gasteiger partial charge in [-0.2, -0.15) is 0 Å². The molecule has 1 fully saturated rings. The predicted octanol–water partition coefficient (Wildman–Crippen LogP) is 2.60. The van der Waals surface area contributed by atoms with Crippen LogP contribution in [0.2, 0.25) is 0 Å². The molecule has 0 unspecified atom stereocenters. The van der Waals surface area contributed by atoms with Crippen LogP contribution in [0.1, 0.15) is 42.3 Å². The number of carboxylic acid groups (broad SMARTS) is 1. The highest BCUT2D eigenvalue weighted by Crippen LogP contribution is 2.27. The smallest absolute Gasteiger partial charge is 0.339 e. The Bertz CT molecular complexity index is 382. The van der Waals surface area contributed by atoms with Crippen molar-refractivity contribution in [3.8, 4) is 0 Å². The van der Waals surface area contributed by atoms with E-state index in [1.807, 2.05) is 0 Å². The third-order valence-electron chi connectivity index (χ3n) is 3.53. The van der Waals surface area contributed by atoms with Gasteiger partial charge in [-0.3, -0.25) is 4.90 Å². The SMILES string of the molecule is CCN(Cc1occc1C(=O)O)CC1CCC1. The van der Waals surface area contributed by atoms with E-state index in [0.717, 1.165) is 19.0 Å². The number of rotatable bonds is 6. The van der Waals surface area contributed by atoms with Crippen LogP contribution in [-0.4, -0.2) is 29.1 Å². The molecule has 4 nitrogen and oxygen atoms in total. The minimum atomic E-state index is -0.909. The van der Waals surface area contributed by atoms with Crippen molar-refractivity contribution in [1.29, 1.82) is 0 Å². The summed E-state index contributed by atoms with van der Waals surface area (Å²) in [7, 11) is 0. The minimum absolute atomic E-state index is 0.289. The quantitative estimate of drug-likeness (QED) is 0.826. The van der Waals surface area contributed by atoms with Crippen molar-refractivity contribution >= 4 is 5.97 Å². The average Bonchev–Trinajstić information content (AvgIpc) is 2.69. The van der Waals surface area contributed by atoms with E-state index >= 15 is 0 Å². The molecule has 0 radical (unpaired) electrons. The van der Waals surface area contributed by atoms with Gasteiger partial charge in [0.15, 0.2) is 0 Å². The van der Waals surface area contributed by atoms with Gasteiger partial charge < -0.3 is 9.52 Å². The molecule has 1 aromatic heterocycles. The first-order valence-electron chi connectivity index (χ1n) is 6.22. The number of carbonyl (C=O) groups is 1. The van der Waals surface area contributed by atoms with E-state index in [1.54, 1.807) is 0 Å². The molecular weight excluding hydrogens is 218 g/mol. The maximum absolute atomic E-state index is 11.0. The van der Waals surface area contributed by atoms with Crippen molar-refractivity contribution < 1.29 is 14.3 Å². The van der Waals surface area contributed by atoms with E-state index in [2.05, 4.69) is 11.8 Å². The lowest BCUT2D eigenvalue weighted by atomic mass is 9.85. The van der Waals surface area contributed by atoms with Crippen molar-refractivity contribution in [2.24, 2.45) is 5.92 Å².